The summed E-state index contributed by atoms with van der Waals surface area (Å²) in [5.41, 5.74) is 3.05. The van der Waals surface area contributed by atoms with Gasteiger partial charge in [0.25, 0.3) is 0 Å². The quantitative estimate of drug-likeness (QED) is 0.175. The standard InChI is InChI=1S/C35H32ClN3O6S2/c1-5-45-33(43)20-8-14-23(15-9-20)37-25(40)18-38-32-29(47-34(38)44)26(19-6-10-21(11-7-19)35(2,3)4)27-28(46-32)31(42)39(30(27)41)24-16-12-22(36)13-17-24/h6-17,26-28H,5,18H2,1-4H3,(H,37,40)/t26-,27?,28?/m1/s1. The average Bonchev–Trinajstić information content (AvgIpc) is 3.47. The molecule has 3 aromatic carbocycles. The molecule has 2 aliphatic rings. The molecule has 12 heteroatoms. The maximum absolute atomic E-state index is 14.1. The Balaban J connectivity index is 1.35. The van der Waals surface area contributed by atoms with Crippen LogP contribution >= 0.6 is 34.7 Å². The van der Waals surface area contributed by atoms with Crippen LogP contribution in [0.4, 0.5) is 11.4 Å². The van der Waals surface area contributed by atoms with E-state index in [-0.39, 0.29) is 35.3 Å². The number of nitrogens with zero attached hydrogens (tertiary/aromatic N) is 2. The highest BCUT2D eigenvalue weighted by Crippen LogP contribution is 2.54. The van der Waals surface area contributed by atoms with E-state index in [1.54, 1.807) is 55.5 Å². The molecule has 0 spiro atoms. The highest BCUT2D eigenvalue weighted by atomic mass is 35.5. The minimum Gasteiger partial charge on any atom is -0.462 e. The number of ether oxygens (including phenoxy) is 1. The van der Waals surface area contributed by atoms with E-state index in [2.05, 4.69) is 26.1 Å². The SMILES string of the molecule is CCOC(=O)c1ccc(NC(=O)Cn2c3c(sc2=O)[C@H](c2ccc(C(C)(C)C)cc2)C2C(=O)N(c4ccc(Cl)cc4)C(=O)C2S3)cc1. The number of carbonyl (C=O) groups is 4. The number of rotatable bonds is 7. The summed E-state index contributed by atoms with van der Waals surface area (Å²) < 4.78 is 6.39. The molecule has 3 amide bonds. The van der Waals surface area contributed by atoms with Gasteiger partial charge in [0, 0.05) is 21.5 Å². The van der Waals surface area contributed by atoms with Crippen molar-refractivity contribution in [3.8, 4) is 0 Å². The Bertz CT molecular complexity index is 1930. The van der Waals surface area contributed by atoms with Crippen LogP contribution in [-0.2, 0) is 31.1 Å². The molecule has 2 unspecified atom stereocenters. The molecule has 6 rings (SSSR count). The number of hydrogen-bond acceptors (Lipinski definition) is 8. The number of nitrogens with one attached hydrogen (secondary N) is 1. The molecule has 242 valence electrons. The van der Waals surface area contributed by atoms with E-state index >= 15 is 0 Å². The predicted octanol–water partition coefficient (Wildman–Crippen LogP) is 6.47. The summed E-state index contributed by atoms with van der Waals surface area (Å²) >= 11 is 8.24. The number of halogens is 1. The van der Waals surface area contributed by atoms with E-state index in [9.17, 15) is 24.0 Å². The van der Waals surface area contributed by atoms with Gasteiger partial charge in [0.2, 0.25) is 17.7 Å². The third kappa shape index (κ3) is 6.27. The highest BCUT2D eigenvalue weighted by molar-refractivity contribution is 8.00. The zero-order valence-corrected chi connectivity index (χ0v) is 28.5. The Morgan fingerprint density at radius 3 is 2.19 bits per heavy atom. The first kappa shape index (κ1) is 32.7. The molecule has 3 atom stereocenters. The highest BCUT2D eigenvalue weighted by Gasteiger charge is 2.56. The van der Waals surface area contributed by atoms with Crippen molar-refractivity contribution in [3.63, 3.8) is 0 Å². The van der Waals surface area contributed by atoms with E-state index in [0.717, 1.165) is 34.2 Å². The molecule has 1 N–H and O–H groups in total. The zero-order valence-electron chi connectivity index (χ0n) is 26.1. The van der Waals surface area contributed by atoms with Crippen LogP contribution in [0.2, 0.25) is 5.02 Å². The number of carbonyl (C=O) groups excluding carboxylic acids is 4. The third-order valence-electron chi connectivity index (χ3n) is 8.25. The number of benzene rings is 3. The van der Waals surface area contributed by atoms with Crippen molar-refractivity contribution in [3.05, 3.63) is 109 Å². The summed E-state index contributed by atoms with van der Waals surface area (Å²) in [4.78, 5) is 68.3. The number of imide groups is 1. The minimum atomic E-state index is -0.809. The Kier molecular flexibility index (Phi) is 8.90. The van der Waals surface area contributed by atoms with E-state index in [1.807, 2.05) is 24.3 Å². The largest absolute Gasteiger partial charge is 0.462 e. The van der Waals surface area contributed by atoms with Crippen molar-refractivity contribution in [2.45, 2.75) is 55.8 Å². The second-order valence-corrected chi connectivity index (χ2v) is 14.9. The van der Waals surface area contributed by atoms with Crippen LogP contribution in [0.3, 0.4) is 0 Å². The molecule has 47 heavy (non-hydrogen) atoms. The number of hydrogen-bond donors (Lipinski definition) is 1. The molecule has 0 radical (unpaired) electrons. The molecular formula is C35H32ClN3O6S2. The summed E-state index contributed by atoms with van der Waals surface area (Å²) in [5.74, 6) is -2.98. The van der Waals surface area contributed by atoms with Gasteiger partial charge in [-0.3, -0.25) is 23.7 Å². The van der Waals surface area contributed by atoms with Gasteiger partial charge in [-0.15, -0.1) is 0 Å². The number of aromatic nitrogens is 1. The third-order valence-corrected chi connectivity index (χ3v) is 11.1. The molecular weight excluding hydrogens is 658 g/mol. The Morgan fingerprint density at radius 1 is 0.915 bits per heavy atom. The lowest BCUT2D eigenvalue weighted by Gasteiger charge is -2.31. The van der Waals surface area contributed by atoms with Gasteiger partial charge in [-0.2, -0.15) is 0 Å². The zero-order chi connectivity index (χ0) is 33.6. The predicted molar refractivity (Wildman–Crippen MR) is 184 cm³/mol. The van der Waals surface area contributed by atoms with Crippen LogP contribution in [0.15, 0.2) is 82.6 Å². The molecule has 0 bridgehead atoms. The molecule has 4 aromatic rings. The van der Waals surface area contributed by atoms with Crippen molar-refractivity contribution in [1.29, 1.82) is 0 Å². The number of fused-ring (bicyclic) bond motifs is 2. The van der Waals surface area contributed by atoms with Crippen LogP contribution in [0.25, 0.3) is 0 Å². The van der Waals surface area contributed by atoms with Gasteiger partial charge in [0.1, 0.15) is 11.8 Å². The summed E-state index contributed by atoms with van der Waals surface area (Å²) in [6.07, 6.45) is 0. The first-order valence-electron chi connectivity index (χ1n) is 15.1. The summed E-state index contributed by atoms with van der Waals surface area (Å²) in [5, 5.41) is 2.95. The van der Waals surface area contributed by atoms with Gasteiger partial charge in [-0.25, -0.2) is 9.69 Å². The summed E-state index contributed by atoms with van der Waals surface area (Å²) in [6, 6.07) is 20.8. The monoisotopic (exact) mass is 689 g/mol. The lowest BCUT2D eigenvalue weighted by Crippen LogP contribution is -2.33. The second-order valence-electron chi connectivity index (χ2n) is 12.4. The van der Waals surface area contributed by atoms with Crippen molar-refractivity contribution in [2.75, 3.05) is 16.8 Å². The van der Waals surface area contributed by atoms with Crippen LogP contribution in [0.1, 0.15) is 60.0 Å². The van der Waals surface area contributed by atoms with Gasteiger partial charge in [0.05, 0.1) is 28.8 Å². The van der Waals surface area contributed by atoms with E-state index < -0.39 is 29.0 Å². The Morgan fingerprint density at radius 2 is 1.57 bits per heavy atom. The fraction of sp³-hybridized carbons (Fsp3) is 0.286. The van der Waals surface area contributed by atoms with E-state index in [0.29, 0.717) is 31.9 Å². The van der Waals surface area contributed by atoms with Crippen LogP contribution in [0, 0.1) is 5.92 Å². The second kappa shape index (κ2) is 12.8. The number of thioether (sulfide) groups is 1. The molecule has 0 saturated carbocycles. The lowest BCUT2D eigenvalue weighted by atomic mass is 9.81. The van der Waals surface area contributed by atoms with Gasteiger partial charge in [-0.05, 0) is 72.0 Å². The Hall–Kier alpha value is -4.19. The van der Waals surface area contributed by atoms with Crippen molar-refractivity contribution >= 4 is 69.8 Å². The first-order chi connectivity index (χ1) is 22.4. The number of thiazole rings is 1. The lowest BCUT2D eigenvalue weighted by molar-refractivity contribution is -0.122. The normalized spacial score (nSPS) is 18.9. The smallest absolute Gasteiger partial charge is 0.338 e. The number of anilines is 2. The topological polar surface area (TPSA) is 115 Å². The maximum atomic E-state index is 14.1. The fourth-order valence-corrected chi connectivity index (χ4v) is 8.80. The molecule has 3 heterocycles. The van der Waals surface area contributed by atoms with Crippen LogP contribution in [-0.4, -0.2) is 40.1 Å². The minimum absolute atomic E-state index is 0.0974. The molecule has 1 saturated heterocycles. The fourth-order valence-electron chi connectivity index (χ4n) is 5.90. The summed E-state index contributed by atoms with van der Waals surface area (Å²) in [7, 11) is 0. The molecule has 1 fully saturated rings. The van der Waals surface area contributed by atoms with Crippen molar-refractivity contribution in [2.24, 2.45) is 5.92 Å². The number of amides is 3. The van der Waals surface area contributed by atoms with Gasteiger partial charge in [0.15, 0.2) is 0 Å². The van der Waals surface area contributed by atoms with Crippen molar-refractivity contribution in [1.82, 2.24) is 4.57 Å². The molecule has 1 aromatic heterocycles. The van der Waals surface area contributed by atoms with Gasteiger partial charge < -0.3 is 10.1 Å². The van der Waals surface area contributed by atoms with E-state index in [1.165, 1.54) is 9.47 Å². The Labute approximate surface area is 284 Å². The van der Waals surface area contributed by atoms with Gasteiger partial charge >= 0.3 is 10.8 Å². The van der Waals surface area contributed by atoms with Gasteiger partial charge in [-0.1, -0.05) is 79.7 Å². The molecule has 9 nitrogen and oxygen atoms in total. The molecule has 2 aliphatic heterocycles. The molecule has 0 aliphatic carbocycles. The summed E-state index contributed by atoms with van der Waals surface area (Å²) in [6.45, 7) is 8.01. The first-order valence-corrected chi connectivity index (χ1v) is 17.2. The van der Waals surface area contributed by atoms with Crippen molar-refractivity contribution < 1.29 is 23.9 Å². The van der Waals surface area contributed by atoms with Crippen LogP contribution < -0.4 is 15.1 Å². The van der Waals surface area contributed by atoms with E-state index in [4.69, 9.17) is 16.3 Å². The number of esters is 1. The van der Waals surface area contributed by atoms with Crippen LogP contribution in [0.5, 0.6) is 0 Å². The average molecular weight is 690 g/mol. The maximum Gasteiger partial charge on any atom is 0.338 e.